The summed E-state index contributed by atoms with van der Waals surface area (Å²) in [6.45, 7) is 1.92. The van der Waals surface area contributed by atoms with E-state index in [0.29, 0.717) is 0 Å². The highest BCUT2D eigenvalue weighted by molar-refractivity contribution is 7.91. The second kappa shape index (κ2) is 4.64. The Balaban J connectivity index is 2.17. The van der Waals surface area contributed by atoms with Gasteiger partial charge >= 0.3 is 0 Å². The molecule has 1 aliphatic carbocycles. The molecule has 5 heteroatoms. The topological polar surface area (TPSA) is 59.1 Å². The average molecular weight is 254 g/mol. The van der Waals surface area contributed by atoms with E-state index in [2.05, 4.69) is 10.3 Å². The van der Waals surface area contributed by atoms with E-state index >= 15 is 0 Å². The first-order chi connectivity index (χ1) is 7.98. The van der Waals surface area contributed by atoms with Gasteiger partial charge in [-0.25, -0.2) is 8.42 Å². The molecule has 0 spiro atoms. The minimum atomic E-state index is -2.97. The van der Waals surface area contributed by atoms with Crippen molar-refractivity contribution in [1.29, 1.82) is 0 Å². The van der Waals surface area contributed by atoms with E-state index in [4.69, 9.17) is 0 Å². The summed E-state index contributed by atoms with van der Waals surface area (Å²) in [7, 11) is -2.97. The summed E-state index contributed by atoms with van der Waals surface area (Å²) in [6.07, 6.45) is 5.70. The van der Waals surface area contributed by atoms with E-state index in [1.165, 1.54) is 6.26 Å². The lowest BCUT2D eigenvalue weighted by atomic mass is 10.2. The molecule has 2 atom stereocenters. The van der Waals surface area contributed by atoms with E-state index in [9.17, 15) is 8.42 Å². The van der Waals surface area contributed by atoms with Gasteiger partial charge < -0.3 is 5.32 Å². The Morgan fingerprint density at radius 3 is 2.82 bits per heavy atom. The van der Waals surface area contributed by atoms with Crippen molar-refractivity contribution in [2.45, 2.75) is 37.5 Å². The number of pyridine rings is 1. The van der Waals surface area contributed by atoms with Crippen molar-refractivity contribution in [3.05, 3.63) is 24.0 Å². The van der Waals surface area contributed by atoms with E-state index in [0.717, 1.165) is 30.6 Å². The number of nitrogens with zero attached hydrogens (tertiary/aromatic N) is 1. The number of aromatic nitrogens is 1. The monoisotopic (exact) mass is 254 g/mol. The van der Waals surface area contributed by atoms with Crippen LogP contribution < -0.4 is 5.32 Å². The van der Waals surface area contributed by atoms with Gasteiger partial charge in [0.05, 0.1) is 16.6 Å². The minimum absolute atomic E-state index is 0.0212. The molecule has 0 aromatic carbocycles. The fourth-order valence-electron chi connectivity index (χ4n) is 2.44. The molecule has 1 aromatic rings. The fraction of sp³-hybridized carbons (Fsp3) is 0.583. The molecule has 1 aliphatic rings. The van der Waals surface area contributed by atoms with Crippen LogP contribution in [0.1, 0.15) is 25.0 Å². The number of aryl methyl sites for hydroxylation is 1. The van der Waals surface area contributed by atoms with Crippen LogP contribution in [0.15, 0.2) is 18.3 Å². The predicted molar refractivity (Wildman–Crippen MR) is 68.9 cm³/mol. The predicted octanol–water partition coefficient (Wildman–Crippen LogP) is 1.77. The molecule has 1 aromatic heterocycles. The number of anilines is 1. The third kappa shape index (κ3) is 2.77. The van der Waals surface area contributed by atoms with Crippen molar-refractivity contribution >= 4 is 15.5 Å². The van der Waals surface area contributed by atoms with Gasteiger partial charge in [0.15, 0.2) is 9.84 Å². The maximum atomic E-state index is 11.7. The van der Waals surface area contributed by atoms with Crippen LogP contribution >= 0.6 is 0 Å². The van der Waals surface area contributed by atoms with E-state index < -0.39 is 9.84 Å². The molecular formula is C12H18N2O2S. The summed E-state index contributed by atoms with van der Waals surface area (Å²) >= 11 is 0. The summed E-state index contributed by atoms with van der Waals surface area (Å²) in [4.78, 5) is 4.20. The number of hydrogen-bond donors (Lipinski definition) is 1. The molecule has 1 saturated carbocycles. The Morgan fingerprint density at radius 1 is 1.41 bits per heavy atom. The number of rotatable bonds is 3. The molecule has 0 saturated heterocycles. The van der Waals surface area contributed by atoms with Gasteiger partial charge in [0.2, 0.25) is 0 Å². The maximum absolute atomic E-state index is 11.7. The standard InChI is InChI=1S/C12H18N2O2S/c1-9-10(6-4-8-13-9)14-11-5-3-7-12(11)17(2,15)16/h4,6,8,11-12,14H,3,5,7H2,1-2H3/t11-,12+/m0/s1. The van der Waals surface area contributed by atoms with Crippen LogP contribution in [0.2, 0.25) is 0 Å². The molecule has 0 aliphatic heterocycles. The zero-order valence-electron chi connectivity index (χ0n) is 10.2. The third-order valence-electron chi connectivity index (χ3n) is 3.35. The molecule has 2 rings (SSSR count). The second-order valence-corrected chi connectivity index (χ2v) is 6.95. The molecule has 0 radical (unpaired) electrons. The van der Waals surface area contributed by atoms with Gasteiger partial charge in [0.1, 0.15) is 0 Å². The molecule has 1 N–H and O–H groups in total. The number of hydrogen-bond acceptors (Lipinski definition) is 4. The van der Waals surface area contributed by atoms with Crippen LogP contribution in [0.25, 0.3) is 0 Å². The first kappa shape index (κ1) is 12.4. The second-order valence-electron chi connectivity index (χ2n) is 4.69. The maximum Gasteiger partial charge on any atom is 0.152 e. The number of nitrogens with one attached hydrogen (secondary N) is 1. The number of sulfone groups is 1. The lowest BCUT2D eigenvalue weighted by Gasteiger charge is -2.21. The lowest BCUT2D eigenvalue weighted by molar-refractivity contribution is 0.579. The van der Waals surface area contributed by atoms with Gasteiger partial charge in [0.25, 0.3) is 0 Å². The van der Waals surface area contributed by atoms with Crippen molar-refractivity contribution in [1.82, 2.24) is 4.98 Å². The van der Waals surface area contributed by atoms with Gasteiger partial charge in [-0.05, 0) is 38.3 Å². The van der Waals surface area contributed by atoms with Crippen LogP contribution in [0, 0.1) is 6.92 Å². The van der Waals surface area contributed by atoms with Crippen molar-refractivity contribution in [2.75, 3.05) is 11.6 Å². The highest BCUT2D eigenvalue weighted by atomic mass is 32.2. The summed E-state index contributed by atoms with van der Waals surface area (Å²) in [5.74, 6) is 0. The SMILES string of the molecule is Cc1ncccc1N[C@H]1CCC[C@H]1S(C)(=O)=O. The Bertz CT molecular complexity index is 499. The highest BCUT2D eigenvalue weighted by Gasteiger charge is 2.34. The summed E-state index contributed by atoms with van der Waals surface area (Å²) in [6, 6.07) is 3.83. The van der Waals surface area contributed by atoms with Gasteiger partial charge in [0, 0.05) is 18.5 Å². The lowest BCUT2D eigenvalue weighted by Crippen LogP contribution is -2.34. The molecule has 0 unspecified atom stereocenters. The van der Waals surface area contributed by atoms with Gasteiger partial charge in [-0.2, -0.15) is 0 Å². The average Bonchev–Trinajstić information content (AvgIpc) is 2.69. The highest BCUT2D eigenvalue weighted by Crippen LogP contribution is 2.28. The van der Waals surface area contributed by atoms with Crippen LogP contribution in [-0.2, 0) is 9.84 Å². The van der Waals surface area contributed by atoms with Crippen LogP contribution in [-0.4, -0.2) is 30.9 Å². The zero-order chi connectivity index (χ0) is 12.5. The molecule has 0 amide bonds. The molecule has 1 heterocycles. The summed E-state index contributed by atoms with van der Waals surface area (Å²) < 4.78 is 23.3. The Morgan fingerprint density at radius 2 is 2.18 bits per heavy atom. The Labute approximate surface area is 102 Å². The largest absolute Gasteiger partial charge is 0.380 e. The van der Waals surface area contributed by atoms with Crippen LogP contribution in [0.3, 0.4) is 0 Å². The van der Waals surface area contributed by atoms with Gasteiger partial charge in [-0.1, -0.05) is 0 Å². The van der Waals surface area contributed by atoms with E-state index in [1.807, 2.05) is 19.1 Å². The molecule has 0 bridgehead atoms. The first-order valence-corrected chi connectivity index (χ1v) is 7.81. The van der Waals surface area contributed by atoms with E-state index in [-0.39, 0.29) is 11.3 Å². The molecule has 1 fully saturated rings. The molecular weight excluding hydrogens is 236 g/mol. The fourth-order valence-corrected chi connectivity index (χ4v) is 3.84. The smallest absolute Gasteiger partial charge is 0.152 e. The Hall–Kier alpha value is -1.10. The molecule has 4 nitrogen and oxygen atoms in total. The van der Waals surface area contributed by atoms with Crippen molar-refractivity contribution in [3.63, 3.8) is 0 Å². The van der Waals surface area contributed by atoms with Crippen molar-refractivity contribution < 1.29 is 8.42 Å². The van der Waals surface area contributed by atoms with Gasteiger partial charge in [-0.15, -0.1) is 0 Å². The summed E-state index contributed by atoms with van der Waals surface area (Å²) in [5.41, 5.74) is 1.85. The Kier molecular flexibility index (Phi) is 3.38. The molecule has 17 heavy (non-hydrogen) atoms. The van der Waals surface area contributed by atoms with E-state index in [1.54, 1.807) is 6.20 Å². The zero-order valence-corrected chi connectivity index (χ0v) is 11.0. The quantitative estimate of drug-likeness (QED) is 0.893. The summed E-state index contributed by atoms with van der Waals surface area (Å²) in [5, 5.41) is 3.06. The third-order valence-corrected chi connectivity index (χ3v) is 5.01. The van der Waals surface area contributed by atoms with Crippen LogP contribution in [0.5, 0.6) is 0 Å². The first-order valence-electron chi connectivity index (χ1n) is 5.85. The van der Waals surface area contributed by atoms with Crippen molar-refractivity contribution in [3.8, 4) is 0 Å². The molecule has 94 valence electrons. The van der Waals surface area contributed by atoms with Gasteiger partial charge in [-0.3, -0.25) is 4.98 Å². The van der Waals surface area contributed by atoms with Crippen LogP contribution in [0.4, 0.5) is 5.69 Å². The minimum Gasteiger partial charge on any atom is -0.380 e. The van der Waals surface area contributed by atoms with Crippen molar-refractivity contribution in [2.24, 2.45) is 0 Å². The normalized spacial score (nSPS) is 24.8.